The summed E-state index contributed by atoms with van der Waals surface area (Å²) >= 11 is 3.52. The number of hydrogen-bond donors (Lipinski definition) is 1. The molecule has 0 radical (unpaired) electrons. The van der Waals surface area contributed by atoms with Crippen molar-refractivity contribution in [3.8, 4) is 0 Å². The molecule has 0 fully saturated rings. The number of nitrogens with zero attached hydrogens (tertiary/aromatic N) is 3. The van der Waals surface area contributed by atoms with E-state index in [1.54, 1.807) is 23.5 Å². The van der Waals surface area contributed by atoms with Crippen molar-refractivity contribution >= 4 is 39.5 Å². The molecule has 3 heterocycles. The van der Waals surface area contributed by atoms with Crippen molar-refractivity contribution in [3.05, 3.63) is 76.8 Å². The number of nitrogens with one attached hydrogen (secondary N) is 1. The molecule has 0 saturated carbocycles. The maximum atomic E-state index is 4.92. The lowest BCUT2D eigenvalue weighted by Crippen LogP contribution is -2.27. The second-order valence-electron chi connectivity index (χ2n) is 6.78. The highest BCUT2D eigenvalue weighted by atomic mass is 32.2. The summed E-state index contributed by atoms with van der Waals surface area (Å²) in [5.74, 6) is 0.915. The average Bonchev–Trinajstić information content (AvgIpc) is 3.27. The predicted molar refractivity (Wildman–Crippen MR) is 117 cm³/mol. The van der Waals surface area contributed by atoms with Crippen molar-refractivity contribution in [2.45, 2.75) is 19.0 Å². The number of hydrogen-bond acceptors (Lipinski definition) is 6. The van der Waals surface area contributed by atoms with Gasteiger partial charge in [-0.15, -0.1) is 0 Å². The molecule has 0 spiro atoms. The second kappa shape index (κ2) is 7.44. The number of fused-ring (bicyclic) bond motifs is 2. The molecule has 1 N–H and O–H groups in total. The van der Waals surface area contributed by atoms with E-state index in [4.69, 9.17) is 9.98 Å². The maximum Gasteiger partial charge on any atom is 0.168 e. The topological polar surface area (TPSA) is 40.0 Å². The van der Waals surface area contributed by atoms with Gasteiger partial charge in [-0.3, -0.25) is 4.99 Å². The molecule has 3 aliphatic rings. The van der Waals surface area contributed by atoms with Crippen LogP contribution >= 0.6 is 23.5 Å². The van der Waals surface area contributed by atoms with Crippen LogP contribution in [0.5, 0.6) is 0 Å². The van der Waals surface area contributed by atoms with Crippen LogP contribution in [-0.2, 0) is 13.0 Å². The molecule has 6 heteroatoms. The first-order valence-corrected chi connectivity index (χ1v) is 11.0. The minimum atomic E-state index is 0.348. The first kappa shape index (κ1) is 17.0. The first-order chi connectivity index (χ1) is 13.3. The number of benzene rings is 2. The molecule has 0 aromatic heterocycles. The lowest BCUT2D eigenvalue weighted by atomic mass is 10.1. The first-order valence-electron chi connectivity index (χ1n) is 9.13. The van der Waals surface area contributed by atoms with E-state index in [1.807, 2.05) is 6.07 Å². The molecule has 2 aromatic carbocycles. The van der Waals surface area contributed by atoms with Crippen LogP contribution in [0.1, 0.15) is 11.1 Å². The minimum Gasteiger partial charge on any atom is -0.360 e. The Labute approximate surface area is 167 Å². The predicted octanol–water partition coefficient (Wildman–Crippen LogP) is 4.38. The van der Waals surface area contributed by atoms with E-state index in [9.17, 15) is 0 Å². The fraction of sp³-hybridized carbons (Fsp3) is 0.238. The highest BCUT2D eigenvalue weighted by molar-refractivity contribution is 8.17. The summed E-state index contributed by atoms with van der Waals surface area (Å²) in [6, 6.07) is 19.3. The highest BCUT2D eigenvalue weighted by Crippen LogP contribution is 2.34. The van der Waals surface area contributed by atoms with Crippen LogP contribution in [0.25, 0.3) is 0 Å². The summed E-state index contributed by atoms with van der Waals surface area (Å²) < 4.78 is 0. The average molecular weight is 393 g/mol. The molecule has 1 atom stereocenters. The number of para-hydroxylation sites is 1. The van der Waals surface area contributed by atoms with Crippen LogP contribution in [0.2, 0.25) is 0 Å². The number of rotatable bonds is 4. The van der Waals surface area contributed by atoms with Gasteiger partial charge < -0.3 is 10.2 Å². The normalized spacial score (nSPS) is 20.4. The summed E-state index contributed by atoms with van der Waals surface area (Å²) in [6.07, 6.45) is 1.01. The van der Waals surface area contributed by atoms with Gasteiger partial charge in [0.1, 0.15) is 0 Å². The van der Waals surface area contributed by atoms with Gasteiger partial charge in [-0.1, -0.05) is 72.1 Å². The Hall–Kier alpha value is -2.18. The van der Waals surface area contributed by atoms with E-state index < -0.39 is 0 Å². The van der Waals surface area contributed by atoms with Gasteiger partial charge >= 0.3 is 0 Å². The van der Waals surface area contributed by atoms with Crippen molar-refractivity contribution in [3.63, 3.8) is 0 Å². The van der Waals surface area contributed by atoms with Crippen LogP contribution in [-0.4, -0.2) is 33.6 Å². The van der Waals surface area contributed by atoms with Gasteiger partial charge in [0.2, 0.25) is 0 Å². The Balaban J connectivity index is 1.20. The maximum absolute atomic E-state index is 4.92. The minimum absolute atomic E-state index is 0.348. The van der Waals surface area contributed by atoms with Crippen molar-refractivity contribution in [2.75, 3.05) is 12.3 Å². The van der Waals surface area contributed by atoms with Gasteiger partial charge in [-0.25, -0.2) is 4.99 Å². The van der Waals surface area contributed by atoms with E-state index in [0.29, 0.717) is 6.04 Å². The smallest absolute Gasteiger partial charge is 0.168 e. The Morgan fingerprint density at radius 1 is 1.11 bits per heavy atom. The zero-order chi connectivity index (χ0) is 18.1. The van der Waals surface area contributed by atoms with Crippen molar-refractivity contribution < 1.29 is 0 Å². The van der Waals surface area contributed by atoms with E-state index in [1.165, 1.54) is 16.8 Å². The van der Waals surface area contributed by atoms with Gasteiger partial charge in [0.25, 0.3) is 0 Å². The Morgan fingerprint density at radius 2 is 1.96 bits per heavy atom. The molecule has 4 nitrogen and oxygen atoms in total. The molecule has 0 bridgehead atoms. The quantitative estimate of drug-likeness (QED) is 0.838. The highest BCUT2D eigenvalue weighted by Gasteiger charge is 2.31. The molecule has 3 aliphatic heterocycles. The van der Waals surface area contributed by atoms with E-state index in [0.717, 1.165) is 41.3 Å². The summed E-state index contributed by atoms with van der Waals surface area (Å²) in [4.78, 5) is 12.0. The van der Waals surface area contributed by atoms with E-state index in [-0.39, 0.29) is 0 Å². The Kier molecular flexibility index (Phi) is 4.67. The molecule has 5 rings (SSSR count). The van der Waals surface area contributed by atoms with Crippen LogP contribution in [0.15, 0.2) is 75.7 Å². The molecular weight excluding hydrogens is 372 g/mol. The van der Waals surface area contributed by atoms with Gasteiger partial charge in [0, 0.05) is 24.5 Å². The molecule has 0 amide bonds. The summed E-state index contributed by atoms with van der Waals surface area (Å²) in [7, 11) is 0. The van der Waals surface area contributed by atoms with Crippen LogP contribution in [0, 0.1) is 0 Å². The molecule has 136 valence electrons. The standard InChI is InChI=1S/C21H20N4S2/c1-2-6-15(7-3-1)10-17-12-25-18(14-27-21(25)23-17)13-26-20-22-11-16-8-4-5-9-19(16)24-20/h1-9,14,17H,10-13H2,(H,22,24). The third-order valence-electron chi connectivity index (χ3n) is 4.88. The fourth-order valence-electron chi connectivity index (χ4n) is 3.50. The Morgan fingerprint density at radius 3 is 2.89 bits per heavy atom. The van der Waals surface area contributed by atoms with Crippen molar-refractivity contribution in [2.24, 2.45) is 9.98 Å². The van der Waals surface area contributed by atoms with Crippen LogP contribution in [0.4, 0.5) is 5.69 Å². The SMILES string of the molecule is C1=C(CSC2=Nc3ccccc3CN2)N2CC(Cc3ccccc3)N=C2S1. The lowest BCUT2D eigenvalue weighted by molar-refractivity contribution is 0.512. The van der Waals surface area contributed by atoms with Gasteiger partial charge in [0.05, 0.1) is 11.7 Å². The van der Waals surface area contributed by atoms with Crippen molar-refractivity contribution in [1.82, 2.24) is 10.2 Å². The monoisotopic (exact) mass is 392 g/mol. The van der Waals surface area contributed by atoms with Crippen LogP contribution in [0.3, 0.4) is 0 Å². The van der Waals surface area contributed by atoms with Crippen molar-refractivity contribution in [1.29, 1.82) is 0 Å². The number of amidine groups is 2. The summed E-state index contributed by atoms with van der Waals surface area (Å²) in [6.45, 7) is 1.83. The van der Waals surface area contributed by atoms with Crippen LogP contribution < -0.4 is 5.32 Å². The molecule has 27 heavy (non-hydrogen) atoms. The lowest BCUT2D eigenvalue weighted by Gasteiger charge is -2.20. The number of aliphatic imine (C=N–C) groups is 2. The largest absolute Gasteiger partial charge is 0.360 e. The summed E-state index contributed by atoms with van der Waals surface area (Å²) in [5, 5.41) is 7.82. The third-order valence-corrected chi connectivity index (χ3v) is 6.75. The number of thioether (sulfide) groups is 2. The zero-order valence-electron chi connectivity index (χ0n) is 14.8. The third kappa shape index (κ3) is 3.64. The molecular formula is C21H20N4S2. The Bertz CT molecular complexity index is 936. The summed E-state index contributed by atoms with van der Waals surface area (Å²) in [5.41, 5.74) is 5.04. The fourth-order valence-corrected chi connectivity index (χ4v) is 5.44. The van der Waals surface area contributed by atoms with Gasteiger partial charge in [-0.05, 0) is 29.0 Å². The van der Waals surface area contributed by atoms with Gasteiger partial charge in [0.15, 0.2) is 10.3 Å². The molecule has 1 unspecified atom stereocenters. The zero-order valence-corrected chi connectivity index (χ0v) is 16.5. The molecule has 0 aliphatic carbocycles. The molecule has 2 aromatic rings. The van der Waals surface area contributed by atoms with Gasteiger partial charge in [-0.2, -0.15) is 0 Å². The van der Waals surface area contributed by atoms with E-state index in [2.05, 4.69) is 64.2 Å². The second-order valence-corrected chi connectivity index (χ2v) is 8.58. The van der Waals surface area contributed by atoms with E-state index >= 15 is 0 Å². The molecule has 0 saturated heterocycles.